The van der Waals surface area contributed by atoms with E-state index < -0.39 is 0 Å². The molecule has 0 aliphatic carbocycles. The Morgan fingerprint density at radius 3 is 2.83 bits per heavy atom. The largest absolute Gasteiger partial charge is 0.306 e. The van der Waals surface area contributed by atoms with E-state index in [1.54, 1.807) is 18.3 Å². The molecular weight excluding hydrogens is 227 g/mol. The van der Waals surface area contributed by atoms with Gasteiger partial charge in [0.15, 0.2) is 0 Å². The van der Waals surface area contributed by atoms with E-state index in [1.165, 1.54) is 6.07 Å². The van der Waals surface area contributed by atoms with Crippen molar-refractivity contribution in [2.24, 2.45) is 0 Å². The molecule has 94 valence electrons. The van der Waals surface area contributed by atoms with Crippen LogP contribution in [0.1, 0.15) is 29.7 Å². The minimum atomic E-state index is -0.211. The molecule has 0 saturated heterocycles. The Morgan fingerprint density at radius 2 is 2.17 bits per heavy atom. The number of aryl methyl sites for hydroxylation is 1. The summed E-state index contributed by atoms with van der Waals surface area (Å²) in [6.07, 6.45) is 3.61. The van der Waals surface area contributed by atoms with Crippen LogP contribution >= 0.6 is 0 Å². The molecule has 0 saturated carbocycles. The average Bonchev–Trinajstić information content (AvgIpc) is 2.37. The second kappa shape index (κ2) is 5.74. The fourth-order valence-electron chi connectivity index (χ4n) is 2.08. The van der Waals surface area contributed by atoms with E-state index in [0.29, 0.717) is 0 Å². The highest BCUT2D eigenvalue weighted by atomic mass is 19.1. The highest BCUT2D eigenvalue weighted by Crippen LogP contribution is 2.24. The van der Waals surface area contributed by atoms with Crippen molar-refractivity contribution >= 4 is 0 Å². The first-order valence-corrected chi connectivity index (χ1v) is 6.11. The summed E-state index contributed by atoms with van der Waals surface area (Å²) >= 11 is 0. The summed E-state index contributed by atoms with van der Waals surface area (Å²) in [7, 11) is 0. The predicted molar refractivity (Wildman–Crippen MR) is 70.9 cm³/mol. The lowest BCUT2D eigenvalue weighted by Crippen LogP contribution is -2.23. The first-order valence-electron chi connectivity index (χ1n) is 6.11. The summed E-state index contributed by atoms with van der Waals surface area (Å²) in [5, 5.41) is 3.38. The Hall–Kier alpha value is -1.74. The maximum Gasteiger partial charge on any atom is 0.123 e. The van der Waals surface area contributed by atoms with Crippen LogP contribution in [0.5, 0.6) is 0 Å². The Morgan fingerprint density at radius 1 is 1.33 bits per heavy atom. The average molecular weight is 244 g/mol. The van der Waals surface area contributed by atoms with Crippen LogP contribution in [0.4, 0.5) is 4.39 Å². The minimum Gasteiger partial charge on any atom is -0.306 e. The fraction of sp³-hybridized carbons (Fsp3) is 0.267. The lowest BCUT2D eigenvalue weighted by Gasteiger charge is -2.20. The Balaban J connectivity index is 2.43. The monoisotopic (exact) mass is 244 g/mol. The summed E-state index contributed by atoms with van der Waals surface area (Å²) in [4.78, 5) is 4.16. The molecule has 1 heterocycles. The molecule has 0 aliphatic heterocycles. The van der Waals surface area contributed by atoms with Crippen LogP contribution < -0.4 is 5.32 Å². The first-order chi connectivity index (χ1) is 8.72. The zero-order chi connectivity index (χ0) is 13.0. The van der Waals surface area contributed by atoms with Crippen molar-refractivity contribution in [1.82, 2.24) is 10.3 Å². The van der Waals surface area contributed by atoms with Gasteiger partial charge in [0, 0.05) is 12.4 Å². The number of nitrogens with one attached hydrogen (secondary N) is 1. The van der Waals surface area contributed by atoms with E-state index in [-0.39, 0.29) is 11.9 Å². The van der Waals surface area contributed by atoms with Gasteiger partial charge in [0.25, 0.3) is 0 Å². The van der Waals surface area contributed by atoms with Gasteiger partial charge in [0.05, 0.1) is 6.04 Å². The van der Waals surface area contributed by atoms with Gasteiger partial charge in [-0.15, -0.1) is 0 Å². The molecule has 1 aromatic carbocycles. The number of aromatic nitrogens is 1. The summed E-state index contributed by atoms with van der Waals surface area (Å²) in [6.45, 7) is 4.90. The zero-order valence-corrected chi connectivity index (χ0v) is 10.7. The molecule has 2 nitrogen and oxygen atoms in total. The summed E-state index contributed by atoms with van der Waals surface area (Å²) in [5.74, 6) is -0.211. The van der Waals surface area contributed by atoms with Gasteiger partial charge in [-0.2, -0.15) is 0 Å². The molecule has 1 atom stereocenters. The van der Waals surface area contributed by atoms with Crippen molar-refractivity contribution < 1.29 is 4.39 Å². The van der Waals surface area contributed by atoms with Crippen molar-refractivity contribution in [3.63, 3.8) is 0 Å². The molecule has 2 rings (SSSR count). The third-order valence-electron chi connectivity index (χ3n) is 2.98. The highest BCUT2D eigenvalue weighted by molar-refractivity contribution is 5.35. The van der Waals surface area contributed by atoms with E-state index in [4.69, 9.17) is 0 Å². The fourth-order valence-corrected chi connectivity index (χ4v) is 2.08. The number of pyridine rings is 1. The molecule has 1 aromatic heterocycles. The van der Waals surface area contributed by atoms with Crippen LogP contribution in [0.2, 0.25) is 0 Å². The molecule has 0 amide bonds. The number of rotatable bonds is 4. The first kappa shape index (κ1) is 12.7. The smallest absolute Gasteiger partial charge is 0.123 e. The van der Waals surface area contributed by atoms with Gasteiger partial charge >= 0.3 is 0 Å². The Bertz CT molecular complexity index is 525. The molecular formula is C15H17FN2. The van der Waals surface area contributed by atoms with Gasteiger partial charge < -0.3 is 5.32 Å². The van der Waals surface area contributed by atoms with Crippen LogP contribution in [0.3, 0.4) is 0 Å². The number of hydrogen-bond acceptors (Lipinski definition) is 2. The van der Waals surface area contributed by atoms with Crippen molar-refractivity contribution in [3.8, 4) is 0 Å². The molecule has 0 radical (unpaired) electrons. The summed E-state index contributed by atoms with van der Waals surface area (Å²) in [6, 6.07) is 8.66. The second-order valence-corrected chi connectivity index (χ2v) is 4.28. The van der Waals surface area contributed by atoms with E-state index in [2.05, 4.69) is 10.3 Å². The van der Waals surface area contributed by atoms with E-state index in [1.807, 2.05) is 32.2 Å². The lowest BCUT2D eigenvalue weighted by atomic mass is 9.96. The van der Waals surface area contributed by atoms with Crippen molar-refractivity contribution in [1.29, 1.82) is 0 Å². The molecule has 1 N–H and O–H groups in total. The SMILES string of the molecule is CCNC(c1cccc(F)c1)c1cnccc1C. The van der Waals surface area contributed by atoms with Crippen molar-refractivity contribution in [2.45, 2.75) is 19.9 Å². The van der Waals surface area contributed by atoms with Crippen LogP contribution in [0, 0.1) is 12.7 Å². The topological polar surface area (TPSA) is 24.9 Å². The molecule has 1 unspecified atom stereocenters. The van der Waals surface area contributed by atoms with Crippen molar-refractivity contribution in [3.05, 3.63) is 65.2 Å². The minimum absolute atomic E-state index is 0.0144. The van der Waals surface area contributed by atoms with Crippen LogP contribution in [0.25, 0.3) is 0 Å². The van der Waals surface area contributed by atoms with E-state index in [0.717, 1.165) is 23.2 Å². The van der Waals surface area contributed by atoms with Gasteiger partial charge in [0.2, 0.25) is 0 Å². The maximum atomic E-state index is 13.3. The molecule has 18 heavy (non-hydrogen) atoms. The van der Waals surface area contributed by atoms with Gasteiger partial charge in [-0.3, -0.25) is 4.98 Å². The molecule has 0 fully saturated rings. The predicted octanol–water partition coefficient (Wildman–Crippen LogP) is 3.23. The summed E-state index contributed by atoms with van der Waals surface area (Å²) < 4.78 is 13.3. The van der Waals surface area contributed by atoms with Crippen LogP contribution in [-0.2, 0) is 0 Å². The van der Waals surface area contributed by atoms with Crippen LogP contribution in [-0.4, -0.2) is 11.5 Å². The third kappa shape index (κ3) is 2.74. The molecule has 2 aromatic rings. The normalized spacial score (nSPS) is 12.4. The lowest BCUT2D eigenvalue weighted by molar-refractivity contribution is 0.601. The third-order valence-corrected chi connectivity index (χ3v) is 2.98. The molecule has 0 spiro atoms. The highest BCUT2D eigenvalue weighted by Gasteiger charge is 2.15. The van der Waals surface area contributed by atoms with Crippen molar-refractivity contribution in [2.75, 3.05) is 6.54 Å². The number of nitrogens with zero attached hydrogens (tertiary/aromatic N) is 1. The van der Waals surface area contributed by atoms with Gasteiger partial charge in [-0.05, 0) is 48.4 Å². The van der Waals surface area contributed by atoms with E-state index in [9.17, 15) is 4.39 Å². The molecule has 0 bridgehead atoms. The maximum absolute atomic E-state index is 13.3. The second-order valence-electron chi connectivity index (χ2n) is 4.28. The van der Waals surface area contributed by atoms with Gasteiger partial charge in [-0.25, -0.2) is 4.39 Å². The van der Waals surface area contributed by atoms with Gasteiger partial charge in [-0.1, -0.05) is 19.1 Å². The quantitative estimate of drug-likeness (QED) is 0.893. The van der Waals surface area contributed by atoms with Gasteiger partial charge in [0.1, 0.15) is 5.82 Å². The molecule has 0 aliphatic rings. The zero-order valence-electron chi connectivity index (χ0n) is 10.7. The van der Waals surface area contributed by atoms with E-state index >= 15 is 0 Å². The number of benzene rings is 1. The van der Waals surface area contributed by atoms with Crippen LogP contribution in [0.15, 0.2) is 42.7 Å². The number of hydrogen-bond donors (Lipinski definition) is 1. The number of halogens is 1. The standard InChI is InChI=1S/C15H17FN2/c1-3-18-15(12-5-4-6-13(16)9-12)14-10-17-8-7-11(14)2/h4-10,15,18H,3H2,1-2H3. The summed E-state index contributed by atoms with van der Waals surface area (Å²) in [5.41, 5.74) is 3.16. The molecule has 3 heteroatoms. The Kier molecular flexibility index (Phi) is 4.05. The Labute approximate surface area is 107 Å².